The maximum absolute atomic E-state index is 12.9. The number of thiophene rings is 1. The van der Waals surface area contributed by atoms with Crippen molar-refractivity contribution < 1.29 is 14.3 Å². The molecule has 0 aliphatic carbocycles. The number of benzene rings is 2. The van der Waals surface area contributed by atoms with Crippen molar-refractivity contribution >= 4 is 50.6 Å². The fraction of sp³-hybridized carbons (Fsp3) is 0. The van der Waals surface area contributed by atoms with Gasteiger partial charge in [-0.3, -0.25) is 9.69 Å². The molecule has 0 saturated heterocycles. The summed E-state index contributed by atoms with van der Waals surface area (Å²) in [7, 11) is 0. The lowest BCUT2D eigenvalue weighted by atomic mass is 10.1. The average Bonchev–Trinajstić information content (AvgIpc) is 3.10. The van der Waals surface area contributed by atoms with Crippen molar-refractivity contribution in [1.29, 1.82) is 0 Å². The zero-order valence-corrected chi connectivity index (χ0v) is 15.8. The van der Waals surface area contributed by atoms with Crippen molar-refractivity contribution in [2.75, 3.05) is 10.2 Å². The average molecular weight is 402 g/mol. The number of rotatable bonds is 4. The number of carbonyl (C=O) groups excluding carboxylic acids is 2. The molecule has 1 aliphatic heterocycles. The number of para-hydroxylation sites is 1. The van der Waals surface area contributed by atoms with Gasteiger partial charge in [-0.05, 0) is 42.5 Å². The molecule has 29 heavy (non-hydrogen) atoms. The largest absolute Gasteiger partial charge is 0.457 e. The van der Waals surface area contributed by atoms with Gasteiger partial charge < -0.3 is 15.8 Å². The number of primary amides is 1. The van der Waals surface area contributed by atoms with Gasteiger partial charge in [-0.15, -0.1) is 11.3 Å². The molecule has 3 amide bonds. The molecule has 3 N–H and O–H groups in total. The predicted molar refractivity (Wildman–Crippen MR) is 112 cm³/mol. The van der Waals surface area contributed by atoms with Crippen LogP contribution in [0, 0.1) is 0 Å². The molecule has 0 saturated carbocycles. The molecule has 8 heteroatoms. The van der Waals surface area contributed by atoms with E-state index in [9.17, 15) is 9.59 Å². The van der Waals surface area contributed by atoms with Crippen molar-refractivity contribution in [1.82, 2.24) is 4.98 Å². The number of hydrogen-bond acceptors (Lipinski definition) is 5. The smallest absolute Gasteiger partial charge is 0.331 e. The Morgan fingerprint density at radius 2 is 1.76 bits per heavy atom. The Morgan fingerprint density at radius 1 is 1.03 bits per heavy atom. The lowest BCUT2D eigenvalue weighted by Gasteiger charge is -2.28. The van der Waals surface area contributed by atoms with E-state index in [1.54, 1.807) is 41.4 Å². The highest BCUT2D eigenvalue weighted by atomic mass is 32.1. The van der Waals surface area contributed by atoms with E-state index in [1.807, 2.05) is 30.3 Å². The third-order valence-electron chi connectivity index (χ3n) is 4.54. The van der Waals surface area contributed by atoms with E-state index in [-0.39, 0.29) is 6.03 Å². The van der Waals surface area contributed by atoms with Gasteiger partial charge >= 0.3 is 6.03 Å². The number of aromatic nitrogens is 1. The van der Waals surface area contributed by atoms with Gasteiger partial charge in [0.2, 0.25) is 0 Å². The molecule has 1 aliphatic rings. The summed E-state index contributed by atoms with van der Waals surface area (Å²) in [6, 6.07) is 18.0. The van der Waals surface area contributed by atoms with Gasteiger partial charge in [-0.2, -0.15) is 0 Å². The highest BCUT2D eigenvalue weighted by molar-refractivity contribution is 7.21. The van der Waals surface area contributed by atoms with E-state index in [0.717, 1.165) is 5.75 Å². The van der Waals surface area contributed by atoms with Gasteiger partial charge in [0.25, 0.3) is 5.91 Å². The van der Waals surface area contributed by atoms with Crippen LogP contribution in [0.15, 0.2) is 66.9 Å². The molecule has 2 aromatic heterocycles. The number of nitrogens with one attached hydrogen (secondary N) is 1. The highest BCUT2D eigenvalue weighted by Crippen LogP contribution is 2.45. The molecule has 2 aromatic carbocycles. The van der Waals surface area contributed by atoms with Crippen molar-refractivity contribution in [3.63, 3.8) is 0 Å². The Hall–Kier alpha value is -3.91. The van der Waals surface area contributed by atoms with Crippen LogP contribution in [-0.4, -0.2) is 16.9 Å². The zero-order valence-electron chi connectivity index (χ0n) is 15.0. The molecular weight excluding hydrogens is 388 g/mol. The number of pyridine rings is 1. The molecular formula is C21H14N4O3S. The van der Waals surface area contributed by atoms with E-state index in [0.29, 0.717) is 37.9 Å². The first-order valence-electron chi connectivity index (χ1n) is 8.77. The molecule has 0 spiro atoms. The minimum atomic E-state index is -0.592. The summed E-state index contributed by atoms with van der Waals surface area (Å²) in [6.07, 6.45) is 1.61. The maximum atomic E-state index is 12.9. The first-order valence-corrected chi connectivity index (χ1v) is 9.59. The van der Waals surface area contributed by atoms with Crippen LogP contribution in [0.4, 0.5) is 21.9 Å². The van der Waals surface area contributed by atoms with Crippen LogP contribution in [0.1, 0.15) is 9.67 Å². The summed E-state index contributed by atoms with van der Waals surface area (Å²) in [5.41, 5.74) is 7.19. The minimum absolute atomic E-state index is 0.291. The number of ether oxygens (including phenoxy) is 1. The summed E-state index contributed by atoms with van der Waals surface area (Å²) in [6.45, 7) is 0. The van der Waals surface area contributed by atoms with Crippen molar-refractivity contribution in [3.8, 4) is 11.5 Å². The lowest BCUT2D eigenvalue weighted by molar-refractivity contribution is 0.100. The van der Waals surface area contributed by atoms with Gasteiger partial charge in [0.05, 0.1) is 22.4 Å². The second-order valence-corrected chi connectivity index (χ2v) is 7.35. The summed E-state index contributed by atoms with van der Waals surface area (Å²) < 4.78 is 5.81. The van der Waals surface area contributed by atoms with Crippen LogP contribution in [-0.2, 0) is 0 Å². The molecule has 4 aromatic rings. The second-order valence-electron chi connectivity index (χ2n) is 6.36. The van der Waals surface area contributed by atoms with Crippen molar-refractivity contribution in [2.24, 2.45) is 5.73 Å². The van der Waals surface area contributed by atoms with E-state index in [4.69, 9.17) is 10.5 Å². The molecule has 0 unspecified atom stereocenters. The Morgan fingerprint density at radius 3 is 2.48 bits per heavy atom. The first kappa shape index (κ1) is 17.2. The lowest BCUT2D eigenvalue weighted by Crippen LogP contribution is -2.34. The standard InChI is InChI=1S/C21H14N4O3S/c22-19(26)18-17-16-15(10-11-23-20(16)29-18)25(21(27)24-17)12-6-8-14(9-7-12)28-13-4-2-1-3-5-13/h1-11H,(H2,22,26)(H,24,27). The maximum Gasteiger partial charge on any atom is 0.331 e. The fourth-order valence-electron chi connectivity index (χ4n) is 3.30. The van der Waals surface area contributed by atoms with Gasteiger partial charge in [-0.1, -0.05) is 18.2 Å². The fourth-order valence-corrected chi connectivity index (χ4v) is 4.27. The van der Waals surface area contributed by atoms with Crippen LogP contribution >= 0.6 is 11.3 Å². The molecule has 0 atom stereocenters. The topological polar surface area (TPSA) is 97.6 Å². The van der Waals surface area contributed by atoms with Crippen LogP contribution in [0.25, 0.3) is 10.2 Å². The normalized spacial score (nSPS) is 12.7. The van der Waals surface area contributed by atoms with Gasteiger partial charge in [0.15, 0.2) is 0 Å². The predicted octanol–water partition coefficient (Wildman–Crippen LogP) is 4.87. The van der Waals surface area contributed by atoms with E-state index >= 15 is 0 Å². The number of anilines is 3. The Kier molecular flexibility index (Phi) is 3.92. The molecule has 7 nitrogen and oxygen atoms in total. The Bertz CT molecular complexity index is 1250. The summed E-state index contributed by atoms with van der Waals surface area (Å²) >= 11 is 1.17. The van der Waals surface area contributed by atoms with Crippen LogP contribution in [0.2, 0.25) is 0 Å². The molecule has 0 radical (unpaired) electrons. The zero-order chi connectivity index (χ0) is 20.0. The summed E-state index contributed by atoms with van der Waals surface area (Å²) in [5, 5.41) is 3.49. The number of nitrogens with two attached hydrogens (primary N) is 1. The molecule has 0 bridgehead atoms. The summed E-state index contributed by atoms with van der Waals surface area (Å²) in [5.74, 6) is 0.795. The highest BCUT2D eigenvalue weighted by Gasteiger charge is 2.32. The first-order chi connectivity index (χ1) is 14.1. The number of amides is 3. The Balaban J connectivity index is 1.54. The number of hydrogen-bond donors (Lipinski definition) is 2. The molecule has 5 rings (SSSR count). The molecule has 3 heterocycles. The number of carbonyl (C=O) groups is 2. The third-order valence-corrected chi connectivity index (χ3v) is 5.66. The van der Waals surface area contributed by atoms with E-state index in [1.165, 1.54) is 11.3 Å². The monoisotopic (exact) mass is 402 g/mol. The van der Waals surface area contributed by atoms with Gasteiger partial charge in [0.1, 0.15) is 21.2 Å². The number of urea groups is 1. The van der Waals surface area contributed by atoms with Crippen LogP contribution < -0.4 is 20.7 Å². The SMILES string of the molecule is NC(=O)c1sc2nccc3c2c1NC(=O)N3c1ccc(Oc2ccccc2)cc1. The second kappa shape index (κ2) is 6.61. The van der Waals surface area contributed by atoms with Gasteiger partial charge in [0, 0.05) is 6.20 Å². The van der Waals surface area contributed by atoms with Crippen LogP contribution in [0.5, 0.6) is 11.5 Å². The minimum Gasteiger partial charge on any atom is -0.457 e. The van der Waals surface area contributed by atoms with E-state index < -0.39 is 5.91 Å². The van der Waals surface area contributed by atoms with Crippen molar-refractivity contribution in [2.45, 2.75) is 0 Å². The van der Waals surface area contributed by atoms with Crippen molar-refractivity contribution in [3.05, 3.63) is 71.7 Å². The molecule has 0 fully saturated rings. The summed E-state index contributed by atoms with van der Waals surface area (Å²) in [4.78, 5) is 31.4. The van der Waals surface area contributed by atoms with Gasteiger partial charge in [-0.25, -0.2) is 9.78 Å². The Labute approximate surface area is 169 Å². The quantitative estimate of drug-likeness (QED) is 0.509. The van der Waals surface area contributed by atoms with Crippen LogP contribution in [0.3, 0.4) is 0 Å². The number of nitrogens with zero attached hydrogens (tertiary/aromatic N) is 2. The van der Waals surface area contributed by atoms with E-state index in [2.05, 4.69) is 10.3 Å². The molecule has 142 valence electrons. The third kappa shape index (κ3) is 2.86.